The highest BCUT2D eigenvalue weighted by Crippen LogP contribution is 2.22. The fourth-order valence-electron chi connectivity index (χ4n) is 1.77. The Morgan fingerprint density at radius 2 is 1.76 bits per heavy atom. The Bertz CT molecular complexity index is 552. The first-order valence-corrected chi connectivity index (χ1v) is 5.45. The summed E-state index contributed by atoms with van der Waals surface area (Å²) >= 11 is 0. The maximum absolute atomic E-state index is 10.2. The van der Waals surface area contributed by atoms with Gasteiger partial charge in [0.2, 0.25) is 0 Å². The number of hydrogen-bond donors (Lipinski definition) is 1. The van der Waals surface area contributed by atoms with Crippen molar-refractivity contribution < 1.29 is 5.11 Å². The molecular formula is C15H13NO. The van der Waals surface area contributed by atoms with E-state index in [1.807, 2.05) is 31.2 Å². The van der Waals surface area contributed by atoms with Crippen LogP contribution in [0.4, 0.5) is 0 Å². The second-order valence-corrected chi connectivity index (χ2v) is 4.05. The first kappa shape index (κ1) is 11.4. The molecule has 0 amide bonds. The minimum Gasteiger partial charge on any atom is -0.384 e. The van der Waals surface area contributed by atoms with Gasteiger partial charge in [0.1, 0.15) is 6.10 Å². The third-order valence-corrected chi connectivity index (χ3v) is 2.71. The van der Waals surface area contributed by atoms with Crippen molar-refractivity contribution in [3.05, 3.63) is 70.8 Å². The first-order chi connectivity index (χ1) is 8.20. The lowest BCUT2D eigenvalue weighted by atomic mass is 9.99. The summed E-state index contributed by atoms with van der Waals surface area (Å²) in [6, 6.07) is 16.8. The van der Waals surface area contributed by atoms with Crippen molar-refractivity contribution in [1.82, 2.24) is 0 Å². The number of hydrogen-bond acceptors (Lipinski definition) is 2. The van der Waals surface area contributed by atoms with E-state index in [2.05, 4.69) is 6.07 Å². The fourth-order valence-corrected chi connectivity index (χ4v) is 1.77. The Labute approximate surface area is 101 Å². The molecular weight excluding hydrogens is 210 g/mol. The maximum atomic E-state index is 10.2. The normalized spacial score (nSPS) is 11.8. The molecule has 0 spiro atoms. The molecule has 1 atom stereocenters. The number of nitrogens with zero attached hydrogens (tertiary/aromatic N) is 1. The lowest BCUT2D eigenvalue weighted by Crippen LogP contribution is -1.99. The fraction of sp³-hybridized carbons (Fsp3) is 0.133. The van der Waals surface area contributed by atoms with Gasteiger partial charge in [-0.2, -0.15) is 5.26 Å². The predicted octanol–water partition coefficient (Wildman–Crippen LogP) is 2.95. The lowest BCUT2D eigenvalue weighted by molar-refractivity contribution is 0.220. The molecule has 0 heterocycles. The van der Waals surface area contributed by atoms with Gasteiger partial charge < -0.3 is 5.11 Å². The molecule has 2 nitrogen and oxygen atoms in total. The summed E-state index contributed by atoms with van der Waals surface area (Å²) in [6.45, 7) is 2.00. The van der Waals surface area contributed by atoms with Crippen LogP contribution in [0, 0.1) is 18.3 Å². The lowest BCUT2D eigenvalue weighted by Gasteiger charge is -2.12. The predicted molar refractivity (Wildman–Crippen MR) is 66.4 cm³/mol. The molecule has 17 heavy (non-hydrogen) atoms. The van der Waals surface area contributed by atoms with E-state index < -0.39 is 6.10 Å². The van der Waals surface area contributed by atoms with E-state index in [9.17, 15) is 5.11 Å². The summed E-state index contributed by atoms with van der Waals surface area (Å²) in [6.07, 6.45) is -0.636. The van der Waals surface area contributed by atoms with Gasteiger partial charge in [-0.15, -0.1) is 0 Å². The van der Waals surface area contributed by atoms with Gasteiger partial charge >= 0.3 is 0 Å². The van der Waals surface area contributed by atoms with E-state index >= 15 is 0 Å². The number of nitriles is 1. The zero-order valence-corrected chi connectivity index (χ0v) is 9.59. The van der Waals surface area contributed by atoms with Crippen LogP contribution in [-0.4, -0.2) is 5.11 Å². The molecule has 0 aromatic heterocycles. The van der Waals surface area contributed by atoms with E-state index in [1.54, 1.807) is 24.3 Å². The quantitative estimate of drug-likeness (QED) is 0.850. The van der Waals surface area contributed by atoms with Gasteiger partial charge in [0, 0.05) is 0 Å². The Morgan fingerprint density at radius 1 is 1.06 bits per heavy atom. The molecule has 2 heteroatoms. The number of aliphatic hydroxyl groups is 1. The smallest absolute Gasteiger partial charge is 0.104 e. The van der Waals surface area contributed by atoms with Crippen molar-refractivity contribution in [3.63, 3.8) is 0 Å². The number of rotatable bonds is 2. The molecule has 0 aliphatic heterocycles. The maximum Gasteiger partial charge on any atom is 0.104 e. The van der Waals surface area contributed by atoms with Crippen LogP contribution in [-0.2, 0) is 0 Å². The monoisotopic (exact) mass is 223 g/mol. The van der Waals surface area contributed by atoms with Crippen LogP contribution < -0.4 is 0 Å². The molecule has 0 fully saturated rings. The topological polar surface area (TPSA) is 44.0 Å². The van der Waals surface area contributed by atoms with E-state index in [4.69, 9.17) is 5.26 Å². The molecule has 0 saturated carbocycles. The summed E-state index contributed by atoms with van der Waals surface area (Å²) in [5, 5.41) is 18.9. The summed E-state index contributed by atoms with van der Waals surface area (Å²) in [7, 11) is 0. The summed E-state index contributed by atoms with van der Waals surface area (Å²) in [5.74, 6) is 0. The zero-order valence-electron chi connectivity index (χ0n) is 9.59. The van der Waals surface area contributed by atoms with E-state index in [0.717, 1.165) is 16.7 Å². The van der Waals surface area contributed by atoms with Gasteiger partial charge in [-0.25, -0.2) is 0 Å². The van der Waals surface area contributed by atoms with Gasteiger partial charge in [0.15, 0.2) is 0 Å². The number of benzene rings is 2. The molecule has 2 rings (SSSR count). The third kappa shape index (κ3) is 2.52. The molecule has 1 unspecified atom stereocenters. The largest absolute Gasteiger partial charge is 0.384 e. The number of aryl methyl sites for hydroxylation is 1. The molecule has 0 bridgehead atoms. The van der Waals surface area contributed by atoms with Crippen molar-refractivity contribution in [2.75, 3.05) is 0 Å². The van der Waals surface area contributed by atoms with Crippen LogP contribution in [0.2, 0.25) is 0 Å². The van der Waals surface area contributed by atoms with Crippen LogP contribution in [0.25, 0.3) is 0 Å². The molecule has 1 N–H and O–H groups in total. The molecule has 2 aromatic rings. The third-order valence-electron chi connectivity index (χ3n) is 2.71. The van der Waals surface area contributed by atoms with Crippen LogP contribution in [0.1, 0.15) is 28.4 Å². The Morgan fingerprint density at radius 3 is 2.35 bits per heavy atom. The summed E-state index contributed by atoms with van der Waals surface area (Å²) < 4.78 is 0. The van der Waals surface area contributed by atoms with Crippen LogP contribution in [0.5, 0.6) is 0 Å². The molecule has 2 aromatic carbocycles. The highest BCUT2D eigenvalue weighted by Gasteiger charge is 2.09. The van der Waals surface area contributed by atoms with E-state index in [1.165, 1.54) is 0 Å². The van der Waals surface area contributed by atoms with Gasteiger partial charge in [-0.3, -0.25) is 0 Å². The zero-order chi connectivity index (χ0) is 12.3. The van der Waals surface area contributed by atoms with Gasteiger partial charge in [-0.1, -0.05) is 42.0 Å². The van der Waals surface area contributed by atoms with Crippen LogP contribution in [0.3, 0.4) is 0 Å². The Balaban J connectivity index is 2.30. The van der Waals surface area contributed by atoms with Gasteiger partial charge in [0.05, 0.1) is 11.6 Å². The van der Waals surface area contributed by atoms with Gasteiger partial charge in [-0.05, 0) is 30.2 Å². The van der Waals surface area contributed by atoms with Crippen LogP contribution in [0.15, 0.2) is 48.5 Å². The second-order valence-electron chi connectivity index (χ2n) is 4.05. The Hall–Kier alpha value is -2.11. The van der Waals surface area contributed by atoms with Gasteiger partial charge in [0.25, 0.3) is 0 Å². The van der Waals surface area contributed by atoms with Crippen molar-refractivity contribution in [2.24, 2.45) is 0 Å². The minimum atomic E-state index is -0.636. The average Bonchev–Trinajstić information content (AvgIpc) is 2.38. The summed E-state index contributed by atoms with van der Waals surface area (Å²) in [4.78, 5) is 0. The second kappa shape index (κ2) is 4.82. The minimum absolute atomic E-state index is 0.602. The van der Waals surface area contributed by atoms with Crippen molar-refractivity contribution >= 4 is 0 Å². The molecule has 84 valence electrons. The van der Waals surface area contributed by atoms with E-state index in [-0.39, 0.29) is 0 Å². The number of aliphatic hydroxyl groups excluding tert-OH is 1. The molecule has 0 radical (unpaired) electrons. The molecule has 0 aliphatic carbocycles. The Kier molecular flexibility index (Phi) is 3.22. The van der Waals surface area contributed by atoms with Crippen molar-refractivity contribution in [3.8, 4) is 6.07 Å². The first-order valence-electron chi connectivity index (χ1n) is 5.45. The highest BCUT2D eigenvalue weighted by molar-refractivity contribution is 5.36. The highest BCUT2D eigenvalue weighted by atomic mass is 16.3. The molecule has 0 saturated heterocycles. The SMILES string of the molecule is Cc1cccc(C(O)c2ccc(C#N)cc2)c1. The van der Waals surface area contributed by atoms with Crippen molar-refractivity contribution in [1.29, 1.82) is 5.26 Å². The average molecular weight is 223 g/mol. The summed E-state index contributed by atoms with van der Waals surface area (Å²) in [5.41, 5.74) is 3.39. The van der Waals surface area contributed by atoms with Crippen molar-refractivity contribution in [2.45, 2.75) is 13.0 Å². The van der Waals surface area contributed by atoms with E-state index in [0.29, 0.717) is 5.56 Å². The van der Waals surface area contributed by atoms with Crippen LogP contribution >= 0.6 is 0 Å². The standard InChI is InChI=1S/C15H13NO/c1-11-3-2-4-14(9-11)15(17)13-7-5-12(10-16)6-8-13/h2-9,15,17H,1H3. The molecule has 0 aliphatic rings.